The Morgan fingerprint density at radius 3 is 1.55 bits per heavy atom. The number of benzene rings is 3. The molecule has 3 aromatic rings. The van der Waals surface area contributed by atoms with E-state index in [2.05, 4.69) is 91.0 Å². The Kier molecular flexibility index (Phi) is 8.79. The van der Waals surface area contributed by atoms with Crippen LogP contribution in [-0.2, 0) is 10.3 Å². The molecule has 0 aromatic heterocycles. The van der Waals surface area contributed by atoms with Crippen LogP contribution in [0.5, 0.6) is 0 Å². The van der Waals surface area contributed by atoms with Gasteiger partial charge in [-0.05, 0) is 29.0 Å². The molecule has 3 aromatic carbocycles. The summed E-state index contributed by atoms with van der Waals surface area (Å²) in [4.78, 5) is 0. The molecule has 1 unspecified atom stereocenters. The molecule has 31 heavy (non-hydrogen) atoms. The SMILES string of the molecule is [CH-]=CC(CC1CCCCC1)OC(c1ccccc1)(c1ccccc1)c1ccccc1.[Li+]. The monoisotopic (exact) mass is 402 g/mol. The second-order valence-electron chi connectivity index (χ2n) is 8.37. The Balaban J connectivity index is 0.00000272. The summed E-state index contributed by atoms with van der Waals surface area (Å²) in [5.74, 6) is 0.684. The zero-order valence-electron chi connectivity index (χ0n) is 18.6. The maximum Gasteiger partial charge on any atom is 1.00 e. The van der Waals surface area contributed by atoms with E-state index in [9.17, 15) is 0 Å². The third-order valence-electron chi connectivity index (χ3n) is 6.37. The van der Waals surface area contributed by atoms with E-state index >= 15 is 0 Å². The van der Waals surface area contributed by atoms with Crippen LogP contribution in [0.1, 0.15) is 55.2 Å². The molecule has 1 aliphatic carbocycles. The summed E-state index contributed by atoms with van der Waals surface area (Å²) in [6.45, 7) is 6.18. The zero-order chi connectivity index (χ0) is 20.7. The molecule has 1 aliphatic rings. The summed E-state index contributed by atoms with van der Waals surface area (Å²) >= 11 is 0. The smallest absolute Gasteiger partial charge is 0.515 e. The van der Waals surface area contributed by atoms with Crippen molar-refractivity contribution in [2.75, 3.05) is 0 Å². The van der Waals surface area contributed by atoms with Crippen molar-refractivity contribution in [2.45, 2.75) is 50.2 Å². The molecule has 0 amide bonds. The van der Waals surface area contributed by atoms with Crippen LogP contribution in [0, 0.1) is 12.5 Å². The fraction of sp³-hybridized carbons (Fsp3) is 0.310. The zero-order valence-corrected chi connectivity index (χ0v) is 18.6. The maximum absolute atomic E-state index is 7.07. The van der Waals surface area contributed by atoms with Gasteiger partial charge in [-0.15, -0.1) is 0 Å². The van der Waals surface area contributed by atoms with Gasteiger partial charge in [0.1, 0.15) is 5.60 Å². The Morgan fingerprint density at radius 1 is 0.742 bits per heavy atom. The van der Waals surface area contributed by atoms with Crippen molar-refractivity contribution in [1.29, 1.82) is 0 Å². The van der Waals surface area contributed by atoms with E-state index in [-0.39, 0.29) is 25.0 Å². The molecule has 0 spiro atoms. The maximum atomic E-state index is 7.07. The van der Waals surface area contributed by atoms with Gasteiger partial charge in [0.2, 0.25) is 0 Å². The Labute approximate surface area is 199 Å². The van der Waals surface area contributed by atoms with Crippen LogP contribution in [0.2, 0.25) is 0 Å². The van der Waals surface area contributed by atoms with Gasteiger partial charge in [0.25, 0.3) is 0 Å². The van der Waals surface area contributed by atoms with Gasteiger partial charge >= 0.3 is 18.9 Å². The Morgan fingerprint density at radius 2 is 1.16 bits per heavy atom. The predicted octanol–water partition coefficient (Wildman–Crippen LogP) is 4.33. The van der Waals surface area contributed by atoms with Crippen molar-refractivity contribution < 1.29 is 23.6 Å². The molecule has 0 saturated heterocycles. The van der Waals surface area contributed by atoms with Gasteiger partial charge in [-0.2, -0.15) is 0 Å². The molecule has 2 heteroatoms. The van der Waals surface area contributed by atoms with Crippen LogP contribution >= 0.6 is 0 Å². The molecule has 154 valence electrons. The van der Waals surface area contributed by atoms with Crippen LogP contribution < -0.4 is 18.9 Å². The van der Waals surface area contributed by atoms with Gasteiger partial charge in [-0.3, -0.25) is 0 Å². The van der Waals surface area contributed by atoms with Crippen LogP contribution in [0.25, 0.3) is 0 Å². The third-order valence-corrected chi connectivity index (χ3v) is 6.37. The molecule has 1 saturated carbocycles. The van der Waals surface area contributed by atoms with Crippen molar-refractivity contribution in [2.24, 2.45) is 5.92 Å². The molecule has 1 nitrogen and oxygen atoms in total. The van der Waals surface area contributed by atoms with E-state index in [0.29, 0.717) is 5.92 Å². The van der Waals surface area contributed by atoms with E-state index in [1.807, 2.05) is 0 Å². The van der Waals surface area contributed by atoms with Crippen molar-refractivity contribution >= 4 is 0 Å². The fourth-order valence-electron chi connectivity index (χ4n) is 4.87. The summed E-state index contributed by atoms with van der Waals surface area (Å²) in [6, 6.07) is 31.6. The Hall–Kier alpha value is -2.04. The van der Waals surface area contributed by atoms with E-state index in [4.69, 9.17) is 11.3 Å². The Bertz CT molecular complexity index is 805. The van der Waals surface area contributed by atoms with Gasteiger partial charge in [0, 0.05) is 6.10 Å². The molecular formula is C29H31LiO. The first-order valence-electron chi connectivity index (χ1n) is 11.2. The first-order chi connectivity index (χ1) is 14.8. The molecule has 1 atom stereocenters. The number of hydrogen-bond donors (Lipinski definition) is 0. The van der Waals surface area contributed by atoms with Crippen LogP contribution in [-0.4, -0.2) is 6.10 Å². The fourth-order valence-corrected chi connectivity index (χ4v) is 4.87. The molecule has 0 radical (unpaired) electrons. The van der Waals surface area contributed by atoms with Gasteiger partial charge in [0.15, 0.2) is 0 Å². The minimum atomic E-state index is -0.709. The van der Waals surface area contributed by atoms with Gasteiger partial charge in [-0.1, -0.05) is 123 Å². The minimum absolute atomic E-state index is 0. The van der Waals surface area contributed by atoms with Gasteiger partial charge < -0.3 is 11.3 Å². The van der Waals surface area contributed by atoms with Crippen molar-refractivity contribution in [3.63, 3.8) is 0 Å². The van der Waals surface area contributed by atoms with Crippen LogP contribution in [0.4, 0.5) is 0 Å². The number of ether oxygens (including phenoxy) is 1. The summed E-state index contributed by atoms with van der Waals surface area (Å²) in [7, 11) is 0. The summed E-state index contributed by atoms with van der Waals surface area (Å²) < 4.78 is 7.07. The summed E-state index contributed by atoms with van der Waals surface area (Å²) in [6.07, 6.45) is 9.19. The largest absolute Gasteiger partial charge is 1.00 e. The molecule has 0 N–H and O–H groups in total. The average molecular weight is 403 g/mol. The second kappa shape index (κ2) is 11.5. The van der Waals surface area contributed by atoms with Crippen LogP contribution in [0.3, 0.4) is 0 Å². The normalized spacial score (nSPS) is 15.6. The molecule has 1 fully saturated rings. The van der Waals surface area contributed by atoms with E-state index in [1.54, 1.807) is 6.08 Å². The first-order valence-corrected chi connectivity index (χ1v) is 11.2. The first kappa shape index (κ1) is 23.6. The number of rotatable bonds is 8. The third kappa shape index (κ3) is 5.42. The molecule has 0 heterocycles. The predicted molar refractivity (Wildman–Crippen MR) is 124 cm³/mol. The van der Waals surface area contributed by atoms with Crippen molar-refractivity contribution in [3.05, 3.63) is 120 Å². The van der Waals surface area contributed by atoms with Crippen molar-refractivity contribution in [3.8, 4) is 0 Å². The molecular weight excluding hydrogens is 371 g/mol. The second-order valence-corrected chi connectivity index (χ2v) is 8.37. The topological polar surface area (TPSA) is 9.23 Å². The van der Waals surface area contributed by atoms with Gasteiger partial charge in [-0.25, -0.2) is 6.08 Å². The van der Waals surface area contributed by atoms with E-state index < -0.39 is 5.60 Å². The molecule has 0 aliphatic heterocycles. The van der Waals surface area contributed by atoms with E-state index in [0.717, 1.165) is 23.1 Å². The average Bonchev–Trinajstić information content (AvgIpc) is 2.84. The number of hydrogen-bond acceptors (Lipinski definition) is 1. The standard InChI is InChI=1S/C29H31O.Li/c1-2-28(23-24-15-7-3-8-16-24)30-29(25-17-9-4-10-18-25,26-19-11-5-12-20-26)27-21-13-6-14-22-27;/h1-2,4-6,9-14,17-22,24,28H,3,7-8,15-16,23H2;/q-1;+1. The molecule has 4 rings (SSSR count). The van der Waals surface area contributed by atoms with Crippen molar-refractivity contribution in [1.82, 2.24) is 0 Å². The summed E-state index contributed by atoms with van der Waals surface area (Å²) in [5, 5.41) is 0. The quantitative estimate of drug-likeness (QED) is 0.310. The van der Waals surface area contributed by atoms with E-state index in [1.165, 1.54) is 32.1 Å². The van der Waals surface area contributed by atoms with Crippen LogP contribution in [0.15, 0.2) is 97.1 Å². The van der Waals surface area contributed by atoms with Gasteiger partial charge in [0.05, 0.1) is 0 Å². The minimum Gasteiger partial charge on any atom is -0.515 e. The molecule has 0 bridgehead atoms. The summed E-state index contributed by atoms with van der Waals surface area (Å²) in [5.41, 5.74) is 2.66.